The summed E-state index contributed by atoms with van der Waals surface area (Å²) < 4.78 is 5.63. The number of fused-ring (bicyclic) bond motifs is 3. The number of nitrogens with one attached hydrogen (secondary N) is 2. The van der Waals surface area contributed by atoms with Gasteiger partial charge in [0.2, 0.25) is 5.91 Å². The molecule has 5 heteroatoms. The summed E-state index contributed by atoms with van der Waals surface area (Å²) in [7, 11) is 0. The van der Waals surface area contributed by atoms with Crippen molar-refractivity contribution in [1.29, 1.82) is 0 Å². The van der Waals surface area contributed by atoms with Gasteiger partial charge in [0.25, 0.3) is 0 Å². The molecule has 2 amide bonds. The van der Waals surface area contributed by atoms with Crippen LogP contribution in [0.25, 0.3) is 11.1 Å². The lowest BCUT2D eigenvalue weighted by Crippen LogP contribution is -2.50. The maximum Gasteiger partial charge on any atom is 0.407 e. The molecular weight excluding hydrogens is 412 g/mol. The average molecular weight is 443 g/mol. The molecule has 2 atom stereocenters. The standard InChI is InChI=1S/C28H30N2O3/c1-18(2)26(27(31)29-19(3)20-11-5-4-6-12-20)30-28(32)33-17-25-23-15-9-7-13-21(23)22-14-8-10-16-24(22)25/h4-16,18-19,25-26H,17H2,1-3H3,(H,29,31)(H,30,32)/t19-,26-/m0/s1. The van der Waals surface area contributed by atoms with Crippen molar-refractivity contribution in [1.82, 2.24) is 10.6 Å². The number of rotatable bonds is 7. The van der Waals surface area contributed by atoms with Gasteiger partial charge in [-0.05, 0) is 40.7 Å². The number of carbonyl (C=O) groups is 2. The zero-order valence-electron chi connectivity index (χ0n) is 19.2. The maximum atomic E-state index is 12.9. The fourth-order valence-electron chi connectivity index (χ4n) is 4.43. The van der Waals surface area contributed by atoms with Crippen LogP contribution >= 0.6 is 0 Å². The Balaban J connectivity index is 1.39. The Labute approximate surface area is 195 Å². The van der Waals surface area contributed by atoms with Gasteiger partial charge in [0.05, 0.1) is 6.04 Å². The summed E-state index contributed by atoms with van der Waals surface area (Å²) >= 11 is 0. The maximum absolute atomic E-state index is 12.9. The van der Waals surface area contributed by atoms with Gasteiger partial charge in [0.15, 0.2) is 0 Å². The number of alkyl carbamates (subject to hydrolysis) is 1. The van der Waals surface area contributed by atoms with Crippen LogP contribution in [0.5, 0.6) is 0 Å². The van der Waals surface area contributed by atoms with Crippen LogP contribution < -0.4 is 10.6 Å². The predicted octanol–water partition coefficient (Wildman–Crippen LogP) is 5.43. The zero-order valence-corrected chi connectivity index (χ0v) is 19.2. The van der Waals surface area contributed by atoms with E-state index < -0.39 is 12.1 Å². The first-order valence-electron chi connectivity index (χ1n) is 11.4. The predicted molar refractivity (Wildman–Crippen MR) is 130 cm³/mol. The van der Waals surface area contributed by atoms with Crippen LogP contribution in [0.2, 0.25) is 0 Å². The molecule has 1 aliphatic rings. The SMILES string of the molecule is CC(C)[C@H](NC(=O)OCC1c2ccccc2-c2ccccc21)C(=O)N[C@@H](C)c1ccccc1. The molecule has 0 aromatic heterocycles. The average Bonchev–Trinajstić information content (AvgIpc) is 3.15. The molecule has 0 fully saturated rings. The lowest BCUT2D eigenvalue weighted by molar-refractivity contribution is -0.124. The van der Waals surface area contributed by atoms with Crippen molar-refractivity contribution in [3.8, 4) is 11.1 Å². The summed E-state index contributed by atoms with van der Waals surface area (Å²) in [4.78, 5) is 25.6. The first-order valence-corrected chi connectivity index (χ1v) is 11.4. The fraction of sp³-hybridized carbons (Fsp3) is 0.286. The summed E-state index contributed by atoms with van der Waals surface area (Å²) in [6.07, 6.45) is -0.585. The molecule has 0 radical (unpaired) electrons. The molecule has 0 aliphatic heterocycles. The third-order valence-electron chi connectivity index (χ3n) is 6.22. The topological polar surface area (TPSA) is 67.4 Å². The van der Waals surface area contributed by atoms with Crippen molar-refractivity contribution >= 4 is 12.0 Å². The van der Waals surface area contributed by atoms with Crippen LogP contribution in [0.4, 0.5) is 4.79 Å². The second-order valence-corrected chi connectivity index (χ2v) is 8.83. The number of ether oxygens (including phenoxy) is 1. The van der Waals surface area contributed by atoms with Gasteiger partial charge in [-0.15, -0.1) is 0 Å². The van der Waals surface area contributed by atoms with E-state index in [1.807, 2.05) is 75.4 Å². The molecule has 3 aromatic carbocycles. The van der Waals surface area contributed by atoms with Crippen LogP contribution in [-0.2, 0) is 9.53 Å². The van der Waals surface area contributed by atoms with Crippen molar-refractivity contribution < 1.29 is 14.3 Å². The highest BCUT2D eigenvalue weighted by atomic mass is 16.5. The molecule has 2 N–H and O–H groups in total. The molecule has 0 saturated heterocycles. The van der Waals surface area contributed by atoms with Crippen LogP contribution in [0.1, 0.15) is 49.4 Å². The van der Waals surface area contributed by atoms with Gasteiger partial charge in [0, 0.05) is 5.92 Å². The second-order valence-electron chi connectivity index (χ2n) is 8.83. The van der Waals surface area contributed by atoms with Gasteiger partial charge in [-0.1, -0.05) is 92.7 Å². The van der Waals surface area contributed by atoms with Crippen molar-refractivity contribution in [2.45, 2.75) is 38.8 Å². The Hall–Kier alpha value is -3.60. The summed E-state index contributed by atoms with van der Waals surface area (Å²) in [5.74, 6) is -0.337. The summed E-state index contributed by atoms with van der Waals surface area (Å²) in [6, 6.07) is 25.3. The summed E-state index contributed by atoms with van der Waals surface area (Å²) in [5.41, 5.74) is 5.67. The molecule has 0 bridgehead atoms. The van der Waals surface area contributed by atoms with E-state index in [2.05, 4.69) is 34.9 Å². The van der Waals surface area contributed by atoms with E-state index in [0.29, 0.717) is 0 Å². The minimum absolute atomic E-state index is 0.0208. The molecule has 4 rings (SSSR count). The monoisotopic (exact) mass is 442 g/mol. The van der Waals surface area contributed by atoms with Crippen molar-refractivity contribution in [2.75, 3.05) is 6.61 Å². The van der Waals surface area contributed by atoms with Crippen LogP contribution in [0, 0.1) is 5.92 Å². The van der Waals surface area contributed by atoms with Gasteiger partial charge in [-0.3, -0.25) is 4.79 Å². The van der Waals surface area contributed by atoms with Gasteiger partial charge in [-0.2, -0.15) is 0 Å². The van der Waals surface area contributed by atoms with E-state index >= 15 is 0 Å². The minimum atomic E-state index is -0.688. The van der Waals surface area contributed by atoms with Crippen LogP contribution in [-0.4, -0.2) is 24.6 Å². The highest BCUT2D eigenvalue weighted by molar-refractivity contribution is 5.86. The van der Waals surface area contributed by atoms with E-state index in [0.717, 1.165) is 16.7 Å². The lowest BCUT2D eigenvalue weighted by Gasteiger charge is -2.24. The molecule has 170 valence electrons. The third-order valence-corrected chi connectivity index (χ3v) is 6.22. The Bertz CT molecular complexity index is 1080. The normalized spacial score (nSPS) is 14.2. The zero-order chi connectivity index (χ0) is 23.4. The van der Waals surface area contributed by atoms with Gasteiger partial charge < -0.3 is 15.4 Å². The first kappa shape index (κ1) is 22.6. The number of carbonyl (C=O) groups excluding carboxylic acids is 2. The number of benzene rings is 3. The Morgan fingerprint density at radius 3 is 1.91 bits per heavy atom. The molecule has 0 unspecified atom stereocenters. The van der Waals surface area contributed by atoms with Gasteiger partial charge >= 0.3 is 6.09 Å². The Morgan fingerprint density at radius 2 is 1.33 bits per heavy atom. The summed E-state index contributed by atoms with van der Waals surface area (Å²) in [6.45, 7) is 5.95. The number of hydrogen-bond donors (Lipinski definition) is 2. The largest absolute Gasteiger partial charge is 0.449 e. The smallest absolute Gasteiger partial charge is 0.407 e. The molecule has 0 spiro atoms. The minimum Gasteiger partial charge on any atom is -0.449 e. The van der Waals surface area contributed by atoms with E-state index in [9.17, 15) is 9.59 Å². The molecule has 33 heavy (non-hydrogen) atoms. The highest BCUT2D eigenvalue weighted by Crippen LogP contribution is 2.44. The molecule has 3 aromatic rings. The van der Waals surface area contributed by atoms with E-state index in [1.54, 1.807) is 0 Å². The van der Waals surface area contributed by atoms with Crippen LogP contribution in [0.3, 0.4) is 0 Å². The number of amides is 2. The molecule has 1 aliphatic carbocycles. The van der Waals surface area contributed by atoms with Gasteiger partial charge in [-0.25, -0.2) is 4.79 Å². The van der Waals surface area contributed by atoms with E-state index in [1.165, 1.54) is 11.1 Å². The van der Waals surface area contributed by atoms with Gasteiger partial charge in [0.1, 0.15) is 12.6 Å². The Kier molecular flexibility index (Phi) is 6.78. The molecule has 5 nitrogen and oxygen atoms in total. The van der Waals surface area contributed by atoms with E-state index in [4.69, 9.17) is 4.74 Å². The molecular formula is C28H30N2O3. The molecule has 0 heterocycles. The quantitative estimate of drug-likeness (QED) is 0.513. The van der Waals surface area contributed by atoms with Crippen molar-refractivity contribution in [2.24, 2.45) is 5.92 Å². The molecule has 0 saturated carbocycles. The lowest BCUT2D eigenvalue weighted by atomic mass is 9.98. The number of hydrogen-bond acceptors (Lipinski definition) is 3. The fourth-order valence-corrected chi connectivity index (χ4v) is 4.43. The first-order chi connectivity index (χ1) is 16.0. The summed E-state index contributed by atoms with van der Waals surface area (Å²) in [5, 5.41) is 5.77. The third kappa shape index (κ3) is 4.92. The van der Waals surface area contributed by atoms with E-state index in [-0.39, 0.29) is 30.4 Å². The highest BCUT2D eigenvalue weighted by Gasteiger charge is 2.30. The van der Waals surface area contributed by atoms with Crippen molar-refractivity contribution in [3.05, 3.63) is 95.6 Å². The Morgan fingerprint density at radius 1 is 0.788 bits per heavy atom. The second kappa shape index (κ2) is 9.90. The van der Waals surface area contributed by atoms with Crippen LogP contribution in [0.15, 0.2) is 78.9 Å². The van der Waals surface area contributed by atoms with Crippen molar-refractivity contribution in [3.63, 3.8) is 0 Å².